The van der Waals surface area contributed by atoms with E-state index < -0.39 is 0 Å². The molecule has 0 spiro atoms. The van der Waals surface area contributed by atoms with Crippen LogP contribution in [0.25, 0.3) is 11.4 Å². The average molecular weight is 379 g/mol. The Morgan fingerprint density at radius 1 is 1.29 bits per heavy atom. The van der Waals surface area contributed by atoms with Gasteiger partial charge in [-0.3, -0.25) is 14.6 Å². The first-order chi connectivity index (χ1) is 13.3. The normalized spacial score (nSPS) is 14.3. The zero-order chi connectivity index (χ0) is 19.9. The van der Waals surface area contributed by atoms with Crippen molar-refractivity contribution >= 4 is 11.6 Å². The Kier molecular flexibility index (Phi) is 4.50. The number of carbonyl (C=O) groups excluding carboxylic acids is 1. The third-order valence-corrected chi connectivity index (χ3v) is 4.73. The Morgan fingerprint density at radius 3 is 2.57 bits per heavy atom. The molecule has 3 aromatic rings. The van der Waals surface area contributed by atoms with E-state index in [1.165, 1.54) is 0 Å². The number of aromatic nitrogens is 5. The molecule has 0 aliphatic heterocycles. The van der Waals surface area contributed by atoms with Crippen LogP contribution in [-0.2, 0) is 12.1 Å². The van der Waals surface area contributed by atoms with Crippen LogP contribution in [0.3, 0.4) is 0 Å². The van der Waals surface area contributed by atoms with Gasteiger partial charge in [-0.25, -0.2) is 4.98 Å². The number of aromatic amines is 1. The minimum Gasteiger partial charge on any atom is -0.324 e. The number of hydrogen-bond donors (Lipinski definition) is 3. The summed E-state index contributed by atoms with van der Waals surface area (Å²) in [5, 5.41) is 14.4. The summed E-state index contributed by atoms with van der Waals surface area (Å²) in [6.07, 6.45) is 2.33. The van der Waals surface area contributed by atoms with Gasteiger partial charge in [0, 0.05) is 22.9 Å². The van der Waals surface area contributed by atoms with Crippen LogP contribution in [0.5, 0.6) is 0 Å². The molecule has 1 amide bonds. The average Bonchev–Trinajstić information content (AvgIpc) is 3.21. The second kappa shape index (κ2) is 6.87. The third kappa shape index (κ3) is 3.68. The molecule has 0 atom stereocenters. The number of nitrogens with two attached hydrogens (primary N) is 1. The van der Waals surface area contributed by atoms with Gasteiger partial charge in [-0.15, -0.1) is 0 Å². The molecular formula is C20H25N7O. The largest absolute Gasteiger partial charge is 0.324 e. The number of nitrogens with one attached hydrogen (secondary N) is 2. The molecule has 1 aromatic carbocycles. The molecule has 4 rings (SSSR count). The van der Waals surface area contributed by atoms with Crippen molar-refractivity contribution in [1.29, 1.82) is 0 Å². The number of hydrogen-bond acceptors (Lipinski definition) is 5. The van der Waals surface area contributed by atoms with Crippen molar-refractivity contribution in [1.82, 2.24) is 25.0 Å². The minimum atomic E-state index is -0.207. The first-order valence-electron chi connectivity index (χ1n) is 9.49. The fraction of sp³-hybridized carbons (Fsp3) is 0.400. The quantitative estimate of drug-likeness (QED) is 0.630. The SMILES string of the molecule is CC(C)(C)n1nc(C(=O)Nc2ccc(-c3n[nH]c(CN)n3)cc2)cc1C1CC1. The van der Waals surface area contributed by atoms with Gasteiger partial charge in [-0.2, -0.15) is 10.2 Å². The van der Waals surface area contributed by atoms with Gasteiger partial charge in [-0.1, -0.05) is 0 Å². The van der Waals surface area contributed by atoms with E-state index in [1.54, 1.807) is 0 Å². The summed E-state index contributed by atoms with van der Waals surface area (Å²) in [5.41, 5.74) is 8.53. The summed E-state index contributed by atoms with van der Waals surface area (Å²) in [7, 11) is 0. The highest BCUT2D eigenvalue weighted by Gasteiger charge is 2.32. The molecule has 1 aliphatic carbocycles. The van der Waals surface area contributed by atoms with Crippen molar-refractivity contribution in [3.05, 3.63) is 47.5 Å². The van der Waals surface area contributed by atoms with E-state index in [4.69, 9.17) is 5.73 Å². The zero-order valence-corrected chi connectivity index (χ0v) is 16.4. The summed E-state index contributed by atoms with van der Waals surface area (Å²) in [4.78, 5) is 17.0. The number of rotatable bonds is 5. The molecule has 8 nitrogen and oxygen atoms in total. The van der Waals surface area contributed by atoms with Gasteiger partial charge in [0.25, 0.3) is 5.91 Å². The van der Waals surface area contributed by atoms with Crippen molar-refractivity contribution in [2.75, 3.05) is 5.32 Å². The maximum atomic E-state index is 12.7. The number of anilines is 1. The molecule has 1 fully saturated rings. The lowest BCUT2D eigenvalue weighted by molar-refractivity contribution is 0.102. The second-order valence-electron chi connectivity index (χ2n) is 8.15. The van der Waals surface area contributed by atoms with E-state index in [1.807, 2.05) is 35.0 Å². The Balaban J connectivity index is 1.51. The highest BCUT2D eigenvalue weighted by Crippen LogP contribution is 2.41. The minimum absolute atomic E-state index is 0.156. The monoisotopic (exact) mass is 379 g/mol. The van der Waals surface area contributed by atoms with Crippen LogP contribution >= 0.6 is 0 Å². The maximum absolute atomic E-state index is 12.7. The number of amides is 1. The van der Waals surface area contributed by atoms with Gasteiger partial charge in [-0.05, 0) is 63.9 Å². The molecule has 2 aromatic heterocycles. The fourth-order valence-corrected chi connectivity index (χ4v) is 3.13. The summed E-state index contributed by atoms with van der Waals surface area (Å²) < 4.78 is 1.99. The number of carbonyl (C=O) groups is 1. The molecule has 2 heterocycles. The zero-order valence-electron chi connectivity index (χ0n) is 16.4. The second-order valence-corrected chi connectivity index (χ2v) is 8.15. The van der Waals surface area contributed by atoms with Gasteiger partial charge in [0.05, 0.1) is 12.1 Å². The molecule has 146 valence electrons. The predicted molar refractivity (Wildman–Crippen MR) is 107 cm³/mol. The van der Waals surface area contributed by atoms with Crippen LogP contribution in [0.15, 0.2) is 30.3 Å². The molecule has 28 heavy (non-hydrogen) atoms. The van der Waals surface area contributed by atoms with E-state index in [9.17, 15) is 4.79 Å². The van der Waals surface area contributed by atoms with Gasteiger partial charge < -0.3 is 11.1 Å². The standard InChI is InChI=1S/C20H25N7O/c1-20(2,3)27-16(12-4-5-12)10-15(26-27)19(28)22-14-8-6-13(7-9-14)18-23-17(11-21)24-25-18/h6-10,12H,4-5,11,21H2,1-3H3,(H,22,28)(H,23,24,25). The van der Waals surface area contributed by atoms with Crippen LogP contribution < -0.4 is 11.1 Å². The van der Waals surface area contributed by atoms with Crippen LogP contribution in [-0.4, -0.2) is 30.9 Å². The molecule has 8 heteroatoms. The summed E-state index contributed by atoms with van der Waals surface area (Å²) >= 11 is 0. The van der Waals surface area contributed by atoms with Gasteiger partial charge in [0.2, 0.25) is 0 Å². The van der Waals surface area contributed by atoms with E-state index in [0.717, 1.165) is 24.1 Å². The first kappa shape index (κ1) is 18.4. The summed E-state index contributed by atoms with van der Waals surface area (Å²) in [6.45, 7) is 6.62. The Morgan fingerprint density at radius 2 is 2.00 bits per heavy atom. The first-order valence-corrected chi connectivity index (χ1v) is 9.49. The van der Waals surface area contributed by atoms with E-state index in [-0.39, 0.29) is 11.4 Å². The van der Waals surface area contributed by atoms with Gasteiger partial charge >= 0.3 is 0 Å². The molecule has 4 N–H and O–H groups in total. The van der Waals surface area contributed by atoms with Gasteiger partial charge in [0.1, 0.15) is 5.82 Å². The van der Waals surface area contributed by atoms with Crippen LogP contribution in [0, 0.1) is 0 Å². The highest BCUT2D eigenvalue weighted by molar-refractivity contribution is 6.03. The number of benzene rings is 1. The molecule has 1 aliphatic rings. The fourth-order valence-electron chi connectivity index (χ4n) is 3.13. The predicted octanol–water partition coefficient (Wildman–Crippen LogP) is 3.01. The molecule has 0 radical (unpaired) electrons. The molecule has 0 unspecified atom stereocenters. The molecule has 1 saturated carbocycles. The molecular weight excluding hydrogens is 354 g/mol. The summed E-state index contributed by atoms with van der Waals surface area (Å²) in [6, 6.07) is 9.31. The van der Waals surface area contributed by atoms with Crippen molar-refractivity contribution < 1.29 is 4.79 Å². The van der Waals surface area contributed by atoms with Gasteiger partial charge in [0.15, 0.2) is 11.5 Å². The topological polar surface area (TPSA) is 115 Å². The van der Waals surface area contributed by atoms with Crippen molar-refractivity contribution in [2.24, 2.45) is 5.73 Å². The Labute approximate surface area is 163 Å². The van der Waals surface area contributed by atoms with Crippen LogP contribution in [0.1, 0.15) is 61.5 Å². The van der Waals surface area contributed by atoms with Crippen LogP contribution in [0.4, 0.5) is 5.69 Å². The van der Waals surface area contributed by atoms with E-state index in [2.05, 4.69) is 46.4 Å². The summed E-state index contributed by atoms with van der Waals surface area (Å²) in [5.74, 6) is 1.53. The number of nitrogens with zero attached hydrogens (tertiary/aromatic N) is 4. The van der Waals surface area contributed by atoms with Crippen molar-refractivity contribution in [3.63, 3.8) is 0 Å². The Bertz CT molecular complexity index is 990. The van der Waals surface area contributed by atoms with Crippen molar-refractivity contribution in [3.8, 4) is 11.4 Å². The van der Waals surface area contributed by atoms with E-state index in [0.29, 0.717) is 35.5 Å². The molecule has 0 bridgehead atoms. The smallest absolute Gasteiger partial charge is 0.276 e. The number of H-pyrrole nitrogens is 1. The molecule has 0 saturated heterocycles. The maximum Gasteiger partial charge on any atom is 0.276 e. The van der Waals surface area contributed by atoms with Crippen molar-refractivity contribution in [2.45, 2.75) is 51.6 Å². The highest BCUT2D eigenvalue weighted by atomic mass is 16.2. The third-order valence-electron chi connectivity index (χ3n) is 4.73. The Hall–Kier alpha value is -3.00. The van der Waals surface area contributed by atoms with E-state index >= 15 is 0 Å². The lowest BCUT2D eigenvalue weighted by atomic mass is 10.1. The van der Waals surface area contributed by atoms with Crippen LogP contribution in [0.2, 0.25) is 0 Å². The lowest BCUT2D eigenvalue weighted by Gasteiger charge is -2.22. The lowest BCUT2D eigenvalue weighted by Crippen LogP contribution is -2.25.